The van der Waals surface area contributed by atoms with Crippen LogP contribution in [0.1, 0.15) is 60.9 Å². The molecule has 0 spiro atoms. The number of rotatable bonds is 2. The van der Waals surface area contributed by atoms with E-state index in [1.807, 2.05) is 0 Å². The summed E-state index contributed by atoms with van der Waals surface area (Å²) in [5, 5.41) is 0. The predicted molar refractivity (Wildman–Crippen MR) is 75.3 cm³/mol. The lowest BCUT2D eigenvalue weighted by molar-refractivity contribution is 0.0982. The molecule has 0 amide bonds. The molecule has 2 fully saturated rings. The Balaban J connectivity index is 1.53. The van der Waals surface area contributed by atoms with Gasteiger partial charge in [-0.3, -0.25) is 4.79 Å². The number of carbonyl (C=O) groups is 1. The molecule has 2 heteroatoms. The van der Waals surface area contributed by atoms with Crippen molar-refractivity contribution in [3.63, 3.8) is 0 Å². The number of hydrogen-bond donors (Lipinski definition) is 0. The smallest absolute Gasteiger partial charge is 0.164 e. The van der Waals surface area contributed by atoms with Crippen molar-refractivity contribution in [3.05, 3.63) is 23.5 Å². The molecule has 2 bridgehead atoms. The molecule has 4 rings (SSSR count). The van der Waals surface area contributed by atoms with Crippen LogP contribution in [0.4, 0.5) is 0 Å². The maximum Gasteiger partial charge on any atom is 0.164 e. The molecule has 0 saturated heterocycles. The van der Waals surface area contributed by atoms with Gasteiger partial charge >= 0.3 is 0 Å². The summed E-state index contributed by atoms with van der Waals surface area (Å²) in [6, 6.07) is 0. The van der Waals surface area contributed by atoms with Gasteiger partial charge in [-0.05, 0) is 61.8 Å². The van der Waals surface area contributed by atoms with E-state index in [2.05, 4.69) is 17.0 Å². The Labute approximate surface area is 115 Å². The standard InChI is InChI=1S/C17H23NO/c19-17-4-2-1-3-14-9-18(11-16(14)17)10-15-8-12-5-6-13(15)7-12/h9,11-13,15H,1-8,10H2. The number of nitrogens with zero attached hydrogens (tertiary/aromatic N) is 1. The van der Waals surface area contributed by atoms with Gasteiger partial charge in [-0.15, -0.1) is 0 Å². The maximum absolute atomic E-state index is 12.1. The summed E-state index contributed by atoms with van der Waals surface area (Å²) in [7, 11) is 0. The average Bonchev–Trinajstić information content (AvgIpc) is 3.07. The first-order valence-electron chi connectivity index (χ1n) is 8.01. The highest BCUT2D eigenvalue weighted by Gasteiger charge is 2.39. The summed E-state index contributed by atoms with van der Waals surface area (Å²) < 4.78 is 2.33. The fraction of sp³-hybridized carbons (Fsp3) is 0.706. The molecule has 19 heavy (non-hydrogen) atoms. The van der Waals surface area contributed by atoms with E-state index >= 15 is 0 Å². The van der Waals surface area contributed by atoms with Gasteiger partial charge in [0.2, 0.25) is 0 Å². The van der Waals surface area contributed by atoms with E-state index in [4.69, 9.17) is 0 Å². The topological polar surface area (TPSA) is 22.0 Å². The molecule has 3 unspecified atom stereocenters. The first-order chi connectivity index (χ1) is 9.29. The van der Waals surface area contributed by atoms with E-state index in [1.165, 1.54) is 37.7 Å². The second-order valence-corrected chi connectivity index (χ2v) is 6.96. The zero-order valence-corrected chi connectivity index (χ0v) is 11.6. The first-order valence-corrected chi connectivity index (χ1v) is 8.01. The van der Waals surface area contributed by atoms with Crippen molar-refractivity contribution < 1.29 is 4.79 Å². The van der Waals surface area contributed by atoms with Crippen LogP contribution >= 0.6 is 0 Å². The summed E-state index contributed by atoms with van der Waals surface area (Å²) in [4.78, 5) is 12.1. The van der Waals surface area contributed by atoms with Gasteiger partial charge in [-0.1, -0.05) is 6.42 Å². The highest BCUT2D eigenvalue weighted by atomic mass is 16.1. The summed E-state index contributed by atoms with van der Waals surface area (Å²) in [6.07, 6.45) is 14.4. The molecule has 2 saturated carbocycles. The zero-order valence-electron chi connectivity index (χ0n) is 11.6. The molecule has 1 heterocycles. The van der Waals surface area contributed by atoms with Gasteiger partial charge in [-0.2, -0.15) is 0 Å². The lowest BCUT2D eigenvalue weighted by Crippen LogP contribution is -2.16. The van der Waals surface area contributed by atoms with Gasteiger partial charge < -0.3 is 4.57 Å². The predicted octanol–water partition coefficient (Wildman–Crippen LogP) is 3.83. The van der Waals surface area contributed by atoms with Gasteiger partial charge in [0.05, 0.1) is 0 Å². The summed E-state index contributed by atoms with van der Waals surface area (Å²) in [5.74, 6) is 3.25. The van der Waals surface area contributed by atoms with E-state index in [0.29, 0.717) is 5.78 Å². The molecule has 0 aromatic carbocycles. The molecule has 2 nitrogen and oxygen atoms in total. The number of carbonyl (C=O) groups excluding carboxylic acids is 1. The van der Waals surface area contributed by atoms with Gasteiger partial charge in [0.15, 0.2) is 5.78 Å². The molecule has 102 valence electrons. The van der Waals surface area contributed by atoms with Crippen LogP contribution in [0, 0.1) is 17.8 Å². The van der Waals surface area contributed by atoms with Crippen LogP contribution < -0.4 is 0 Å². The summed E-state index contributed by atoms with van der Waals surface area (Å²) in [5.41, 5.74) is 2.34. The molecule has 3 aliphatic rings. The lowest BCUT2D eigenvalue weighted by atomic mass is 9.89. The number of aryl methyl sites for hydroxylation is 1. The van der Waals surface area contributed by atoms with Crippen LogP contribution in [-0.2, 0) is 13.0 Å². The Hall–Kier alpha value is -1.05. The van der Waals surface area contributed by atoms with Crippen LogP contribution in [0.3, 0.4) is 0 Å². The molecular formula is C17H23NO. The molecule has 1 aromatic rings. The highest BCUT2D eigenvalue weighted by Crippen LogP contribution is 2.48. The van der Waals surface area contributed by atoms with Crippen molar-refractivity contribution in [1.82, 2.24) is 4.57 Å². The van der Waals surface area contributed by atoms with Crippen molar-refractivity contribution in [2.24, 2.45) is 17.8 Å². The Bertz CT molecular complexity index is 501. The largest absolute Gasteiger partial charge is 0.353 e. The van der Waals surface area contributed by atoms with Crippen LogP contribution in [0.15, 0.2) is 12.4 Å². The van der Waals surface area contributed by atoms with Crippen LogP contribution in [0.25, 0.3) is 0 Å². The minimum atomic E-state index is 0.374. The zero-order chi connectivity index (χ0) is 12.8. The molecular weight excluding hydrogens is 234 g/mol. The van der Waals surface area contributed by atoms with E-state index in [1.54, 1.807) is 0 Å². The van der Waals surface area contributed by atoms with Gasteiger partial charge in [0.1, 0.15) is 0 Å². The molecule has 1 aromatic heterocycles. The second-order valence-electron chi connectivity index (χ2n) is 6.96. The maximum atomic E-state index is 12.1. The Morgan fingerprint density at radius 3 is 2.79 bits per heavy atom. The van der Waals surface area contributed by atoms with Crippen molar-refractivity contribution in [2.75, 3.05) is 0 Å². The lowest BCUT2D eigenvalue weighted by Gasteiger charge is -2.22. The van der Waals surface area contributed by atoms with E-state index in [0.717, 1.165) is 49.1 Å². The van der Waals surface area contributed by atoms with Crippen LogP contribution in [0.2, 0.25) is 0 Å². The number of hydrogen-bond acceptors (Lipinski definition) is 1. The fourth-order valence-corrected chi connectivity index (χ4v) is 4.72. The second kappa shape index (κ2) is 4.50. The molecule has 0 N–H and O–H groups in total. The molecule has 0 radical (unpaired) electrons. The number of Topliss-reactive ketones (excluding diaryl/α,β-unsaturated/α-hetero) is 1. The van der Waals surface area contributed by atoms with Crippen molar-refractivity contribution in [2.45, 2.75) is 57.9 Å². The Morgan fingerprint density at radius 1 is 1.11 bits per heavy atom. The quantitative estimate of drug-likeness (QED) is 0.738. The third-order valence-electron chi connectivity index (χ3n) is 5.69. The minimum absolute atomic E-state index is 0.374. The Morgan fingerprint density at radius 2 is 2.00 bits per heavy atom. The monoisotopic (exact) mass is 257 g/mol. The number of aromatic nitrogens is 1. The fourth-order valence-electron chi connectivity index (χ4n) is 4.72. The van der Waals surface area contributed by atoms with Gasteiger partial charge in [-0.25, -0.2) is 0 Å². The SMILES string of the molecule is O=C1CCCCc2cn(CC3CC4CCC3C4)cc21. The van der Waals surface area contributed by atoms with Crippen molar-refractivity contribution >= 4 is 5.78 Å². The summed E-state index contributed by atoms with van der Waals surface area (Å²) in [6.45, 7) is 1.15. The summed E-state index contributed by atoms with van der Waals surface area (Å²) >= 11 is 0. The van der Waals surface area contributed by atoms with E-state index in [-0.39, 0.29) is 0 Å². The molecule has 3 atom stereocenters. The molecule has 3 aliphatic carbocycles. The molecule has 0 aliphatic heterocycles. The van der Waals surface area contributed by atoms with E-state index in [9.17, 15) is 4.79 Å². The third-order valence-corrected chi connectivity index (χ3v) is 5.69. The number of ketones is 1. The van der Waals surface area contributed by atoms with Crippen LogP contribution in [0.5, 0.6) is 0 Å². The highest BCUT2D eigenvalue weighted by molar-refractivity contribution is 5.97. The first kappa shape index (κ1) is 11.7. The minimum Gasteiger partial charge on any atom is -0.353 e. The van der Waals surface area contributed by atoms with E-state index < -0.39 is 0 Å². The average molecular weight is 257 g/mol. The van der Waals surface area contributed by atoms with Gasteiger partial charge in [0, 0.05) is 30.9 Å². The number of fused-ring (bicyclic) bond motifs is 3. The normalized spacial score (nSPS) is 33.5. The van der Waals surface area contributed by atoms with Gasteiger partial charge in [0.25, 0.3) is 0 Å². The van der Waals surface area contributed by atoms with Crippen LogP contribution in [-0.4, -0.2) is 10.4 Å². The third kappa shape index (κ3) is 2.05. The van der Waals surface area contributed by atoms with Crippen molar-refractivity contribution in [3.8, 4) is 0 Å². The van der Waals surface area contributed by atoms with Crippen molar-refractivity contribution in [1.29, 1.82) is 0 Å². The Kier molecular flexibility index (Phi) is 2.78.